The molecule has 2 aliphatic heterocycles. The zero-order chi connectivity index (χ0) is 13.4. The standard InChI is InChI=1S/C10H20O.C5H6O2/c1-8(2)6-10-7-9(3)4-5-11-10;6-5-1-3-7-4-2-5/h8-10H,4-7H2,1-3H3;1-3,6H,4H2. The predicted octanol–water partition coefficient (Wildman–Crippen LogP) is 3.82. The van der Waals surface area contributed by atoms with Gasteiger partial charge in [0.15, 0.2) is 0 Å². The molecule has 104 valence electrons. The van der Waals surface area contributed by atoms with Crippen molar-refractivity contribution >= 4 is 0 Å². The van der Waals surface area contributed by atoms with Crippen molar-refractivity contribution in [2.75, 3.05) is 13.2 Å². The number of ether oxygens (including phenoxy) is 2. The van der Waals surface area contributed by atoms with Crippen LogP contribution in [0.2, 0.25) is 0 Å². The first-order valence-electron chi connectivity index (χ1n) is 6.86. The Labute approximate surface area is 110 Å². The van der Waals surface area contributed by atoms with E-state index in [4.69, 9.17) is 14.6 Å². The SMILES string of the molecule is CC(C)CC1CC(C)CCO1.OC1=CCOC=C1. The molecular formula is C15H26O3. The van der Waals surface area contributed by atoms with Crippen molar-refractivity contribution < 1.29 is 14.6 Å². The van der Waals surface area contributed by atoms with Gasteiger partial charge in [-0.1, -0.05) is 20.8 Å². The molecule has 2 rings (SSSR count). The minimum atomic E-state index is 0.284. The number of aliphatic hydroxyl groups excluding tert-OH is 1. The molecule has 0 aromatic rings. The van der Waals surface area contributed by atoms with E-state index in [1.54, 1.807) is 6.08 Å². The maximum Gasteiger partial charge on any atom is 0.118 e. The molecule has 1 fully saturated rings. The van der Waals surface area contributed by atoms with E-state index >= 15 is 0 Å². The second-order valence-electron chi connectivity index (χ2n) is 5.52. The average molecular weight is 254 g/mol. The molecule has 0 saturated carbocycles. The van der Waals surface area contributed by atoms with E-state index in [1.807, 2.05) is 0 Å². The molecule has 0 aromatic carbocycles. The number of hydrogen-bond donors (Lipinski definition) is 1. The van der Waals surface area contributed by atoms with E-state index in [1.165, 1.54) is 31.6 Å². The molecule has 18 heavy (non-hydrogen) atoms. The van der Waals surface area contributed by atoms with Gasteiger partial charge in [-0.15, -0.1) is 0 Å². The van der Waals surface area contributed by atoms with Crippen molar-refractivity contribution in [2.45, 2.75) is 46.1 Å². The topological polar surface area (TPSA) is 38.7 Å². The fourth-order valence-corrected chi connectivity index (χ4v) is 2.14. The number of rotatable bonds is 2. The lowest BCUT2D eigenvalue weighted by Crippen LogP contribution is -2.25. The fourth-order valence-electron chi connectivity index (χ4n) is 2.14. The van der Waals surface area contributed by atoms with E-state index in [-0.39, 0.29) is 5.76 Å². The number of allylic oxidation sites excluding steroid dienone is 1. The van der Waals surface area contributed by atoms with Gasteiger partial charge in [0.1, 0.15) is 12.4 Å². The third-order valence-corrected chi connectivity index (χ3v) is 3.09. The summed E-state index contributed by atoms with van der Waals surface area (Å²) in [6, 6.07) is 0. The van der Waals surface area contributed by atoms with Gasteiger partial charge < -0.3 is 14.6 Å². The summed E-state index contributed by atoms with van der Waals surface area (Å²) in [5.41, 5.74) is 0. The van der Waals surface area contributed by atoms with Crippen LogP contribution in [-0.4, -0.2) is 24.4 Å². The molecule has 1 N–H and O–H groups in total. The van der Waals surface area contributed by atoms with Gasteiger partial charge in [-0.3, -0.25) is 0 Å². The van der Waals surface area contributed by atoms with Crippen LogP contribution in [0.3, 0.4) is 0 Å². The van der Waals surface area contributed by atoms with Crippen LogP contribution in [0.25, 0.3) is 0 Å². The molecule has 2 heterocycles. The molecule has 2 atom stereocenters. The summed E-state index contributed by atoms with van der Waals surface area (Å²) in [6.45, 7) is 8.34. The van der Waals surface area contributed by atoms with Crippen molar-refractivity contribution in [1.82, 2.24) is 0 Å². The summed E-state index contributed by atoms with van der Waals surface area (Å²) in [5, 5.41) is 8.60. The molecule has 0 radical (unpaired) electrons. The number of hydrogen-bond acceptors (Lipinski definition) is 3. The minimum Gasteiger partial charge on any atom is -0.508 e. The Kier molecular flexibility index (Phi) is 6.88. The molecule has 2 aliphatic rings. The molecule has 0 aliphatic carbocycles. The van der Waals surface area contributed by atoms with E-state index < -0.39 is 0 Å². The van der Waals surface area contributed by atoms with Gasteiger partial charge in [-0.2, -0.15) is 0 Å². The highest BCUT2D eigenvalue weighted by Gasteiger charge is 2.19. The van der Waals surface area contributed by atoms with Crippen LogP contribution >= 0.6 is 0 Å². The van der Waals surface area contributed by atoms with E-state index in [0.717, 1.165) is 18.4 Å². The lowest BCUT2D eigenvalue weighted by Gasteiger charge is -2.28. The highest BCUT2D eigenvalue weighted by atomic mass is 16.5. The zero-order valence-electron chi connectivity index (χ0n) is 11.8. The van der Waals surface area contributed by atoms with Crippen LogP contribution in [-0.2, 0) is 9.47 Å². The molecule has 0 bridgehead atoms. The maximum atomic E-state index is 8.60. The monoisotopic (exact) mass is 254 g/mol. The van der Waals surface area contributed by atoms with Gasteiger partial charge in [0.25, 0.3) is 0 Å². The Bertz CT molecular complexity index is 279. The highest BCUT2D eigenvalue weighted by Crippen LogP contribution is 2.23. The lowest BCUT2D eigenvalue weighted by molar-refractivity contribution is -0.0155. The Morgan fingerprint density at radius 2 is 2.22 bits per heavy atom. The smallest absolute Gasteiger partial charge is 0.118 e. The van der Waals surface area contributed by atoms with E-state index in [2.05, 4.69) is 20.8 Å². The Morgan fingerprint density at radius 3 is 2.67 bits per heavy atom. The van der Waals surface area contributed by atoms with Gasteiger partial charge in [0.05, 0.1) is 12.4 Å². The quantitative estimate of drug-likeness (QED) is 0.814. The summed E-state index contributed by atoms with van der Waals surface area (Å²) in [4.78, 5) is 0. The second kappa shape index (κ2) is 8.20. The lowest BCUT2D eigenvalue weighted by atomic mass is 9.93. The summed E-state index contributed by atoms with van der Waals surface area (Å²) < 4.78 is 10.4. The Balaban J connectivity index is 0.000000199. The van der Waals surface area contributed by atoms with Crippen LogP contribution < -0.4 is 0 Å². The molecule has 0 spiro atoms. The Hall–Kier alpha value is -0.960. The van der Waals surface area contributed by atoms with Crippen LogP contribution in [0.15, 0.2) is 24.2 Å². The van der Waals surface area contributed by atoms with Crippen LogP contribution in [0.4, 0.5) is 0 Å². The third-order valence-electron chi connectivity index (χ3n) is 3.09. The second-order valence-corrected chi connectivity index (χ2v) is 5.52. The van der Waals surface area contributed by atoms with Crippen LogP contribution in [0, 0.1) is 11.8 Å². The summed E-state index contributed by atoms with van der Waals surface area (Å²) >= 11 is 0. The van der Waals surface area contributed by atoms with E-state index in [9.17, 15) is 0 Å². The molecule has 0 aromatic heterocycles. The molecular weight excluding hydrogens is 228 g/mol. The van der Waals surface area contributed by atoms with Crippen LogP contribution in [0.5, 0.6) is 0 Å². The molecule has 2 unspecified atom stereocenters. The van der Waals surface area contributed by atoms with Gasteiger partial charge in [-0.05, 0) is 37.2 Å². The normalized spacial score (nSPS) is 27.0. The molecule has 3 nitrogen and oxygen atoms in total. The first kappa shape index (κ1) is 15.1. The van der Waals surface area contributed by atoms with Crippen molar-refractivity contribution in [1.29, 1.82) is 0 Å². The van der Waals surface area contributed by atoms with Gasteiger partial charge in [0.2, 0.25) is 0 Å². The maximum absolute atomic E-state index is 8.60. The van der Waals surface area contributed by atoms with Gasteiger partial charge in [-0.25, -0.2) is 0 Å². The van der Waals surface area contributed by atoms with Crippen molar-refractivity contribution in [3.05, 3.63) is 24.2 Å². The van der Waals surface area contributed by atoms with Crippen molar-refractivity contribution in [3.8, 4) is 0 Å². The predicted molar refractivity (Wildman–Crippen MR) is 73.4 cm³/mol. The first-order chi connectivity index (χ1) is 8.58. The molecule has 3 heteroatoms. The number of aliphatic hydroxyl groups is 1. The van der Waals surface area contributed by atoms with Gasteiger partial charge in [0, 0.05) is 12.7 Å². The Morgan fingerprint density at radius 1 is 1.44 bits per heavy atom. The third kappa shape index (κ3) is 6.70. The summed E-state index contributed by atoms with van der Waals surface area (Å²) in [6.07, 6.45) is 8.90. The minimum absolute atomic E-state index is 0.284. The molecule has 0 amide bonds. The average Bonchev–Trinajstić information content (AvgIpc) is 2.30. The molecule has 1 saturated heterocycles. The van der Waals surface area contributed by atoms with Crippen molar-refractivity contribution in [3.63, 3.8) is 0 Å². The van der Waals surface area contributed by atoms with Crippen LogP contribution in [0.1, 0.15) is 40.0 Å². The van der Waals surface area contributed by atoms with Gasteiger partial charge >= 0.3 is 0 Å². The highest BCUT2D eigenvalue weighted by molar-refractivity contribution is 5.10. The largest absolute Gasteiger partial charge is 0.508 e. The summed E-state index contributed by atoms with van der Waals surface area (Å²) in [7, 11) is 0. The first-order valence-corrected chi connectivity index (χ1v) is 6.86. The fraction of sp³-hybridized carbons (Fsp3) is 0.733. The summed E-state index contributed by atoms with van der Waals surface area (Å²) in [5.74, 6) is 1.95. The van der Waals surface area contributed by atoms with E-state index in [0.29, 0.717) is 12.7 Å². The van der Waals surface area contributed by atoms with Crippen molar-refractivity contribution in [2.24, 2.45) is 11.8 Å². The zero-order valence-corrected chi connectivity index (χ0v) is 11.8.